The fourth-order valence-corrected chi connectivity index (χ4v) is 6.55. The van der Waals surface area contributed by atoms with E-state index < -0.39 is 10.0 Å². The highest BCUT2D eigenvalue weighted by atomic mass is 32.2. The molecule has 0 amide bonds. The second-order valence-electron chi connectivity index (χ2n) is 9.28. The monoisotopic (exact) mass is 498 g/mol. The number of anilines is 1. The Balaban J connectivity index is 1.50. The summed E-state index contributed by atoms with van der Waals surface area (Å²) in [5.41, 5.74) is 5.38. The molecule has 2 saturated heterocycles. The Bertz CT molecular complexity index is 1250. The highest BCUT2D eigenvalue weighted by Crippen LogP contribution is 2.34. The summed E-state index contributed by atoms with van der Waals surface area (Å²) in [7, 11) is -3.59. The maximum Gasteiger partial charge on any atom is 0.243 e. The highest BCUT2D eigenvalue weighted by molar-refractivity contribution is 7.89. The fourth-order valence-electron chi connectivity index (χ4n) is 5.12. The first-order valence-electron chi connectivity index (χ1n) is 12.3. The van der Waals surface area contributed by atoms with Crippen LogP contribution in [0, 0.1) is 13.8 Å². The van der Waals surface area contributed by atoms with Gasteiger partial charge in [-0.25, -0.2) is 8.42 Å². The summed E-state index contributed by atoms with van der Waals surface area (Å²) in [4.78, 5) is 2.70. The van der Waals surface area contributed by atoms with Gasteiger partial charge in [0.25, 0.3) is 0 Å². The first-order chi connectivity index (χ1) is 16.9. The molecule has 0 unspecified atom stereocenters. The Kier molecular flexibility index (Phi) is 7.02. The molecule has 35 heavy (non-hydrogen) atoms. The number of aromatic nitrogens is 1. The molecule has 0 spiro atoms. The van der Waals surface area contributed by atoms with E-state index in [9.17, 15) is 8.42 Å². The molecule has 0 saturated carbocycles. The fraction of sp³-hybridized carbons (Fsp3) is 0.462. The highest BCUT2D eigenvalue weighted by Gasteiger charge is 2.28. The molecule has 4 heterocycles. The van der Waals surface area contributed by atoms with E-state index in [1.54, 1.807) is 12.3 Å². The second kappa shape index (κ2) is 10.2. The summed E-state index contributed by atoms with van der Waals surface area (Å²) in [6.45, 7) is 9.16. The molecule has 1 aromatic carbocycles. The molecule has 0 bridgehead atoms. The van der Waals surface area contributed by atoms with Gasteiger partial charge in [0.05, 0.1) is 42.3 Å². The number of nitrogens with zero attached hydrogens (tertiary/aromatic N) is 3. The molecule has 2 aromatic heterocycles. The van der Waals surface area contributed by atoms with Crippen molar-refractivity contribution in [3.63, 3.8) is 0 Å². The van der Waals surface area contributed by atoms with Crippen LogP contribution in [0.5, 0.6) is 0 Å². The molecule has 188 valence electrons. The van der Waals surface area contributed by atoms with Crippen LogP contribution < -0.4 is 10.2 Å². The van der Waals surface area contributed by atoms with Gasteiger partial charge in [0.15, 0.2) is 0 Å². The number of benzene rings is 1. The molecular weight excluding hydrogens is 464 g/mol. The van der Waals surface area contributed by atoms with Crippen LogP contribution >= 0.6 is 0 Å². The van der Waals surface area contributed by atoms with E-state index >= 15 is 0 Å². The molecule has 2 fully saturated rings. The summed E-state index contributed by atoms with van der Waals surface area (Å²) < 4.78 is 41.5. The van der Waals surface area contributed by atoms with Gasteiger partial charge in [-0.2, -0.15) is 4.31 Å². The maximum atomic E-state index is 13.5. The summed E-state index contributed by atoms with van der Waals surface area (Å²) in [6, 6.07) is 11.6. The van der Waals surface area contributed by atoms with Crippen LogP contribution in [0.1, 0.15) is 35.6 Å². The Hall–Kier alpha value is -2.59. The van der Waals surface area contributed by atoms with Crippen molar-refractivity contribution in [3.8, 4) is 5.69 Å². The first-order valence-corrected chi connectivity index (χ1v) is 13.8. The number of morpholine rings is 1. The average Bonchev–Trinajstić information content (AvgIpc) is 3.63. The van der Waals surface area contributed by atoms with Crippen LogP contribution in [0.25, 0.3) is 5.69 Å². The van der Waals surface area contributed by atoms with Crippen molar-refractivity contribution in [2.24, 2.45) is 0 Å². The standard InChI is InChI=1S/C26H34N4O4S/c1-20-16-22(18-27-19-23-6-5-13-34-23)21(2)30(20)26-17-24(7-8-25(26)28-9-3-4-10-28)35(31,32)29-11-14-33-15-12-29/h5-8,13,16-17,27H,3-4,9-12,14-15,18-19H2,1-2H3. The molecule has 1 N–H and O–H groups in total. The number of rotatable bonds is 8. The maximum absolute atomic E-state index is 13.5. The van der Waals surface area contributed by atoms with Crippen molar-refractivity contribution >= 4 is 15.7 Å². The van der Waals surface area contributed by atoms with E-state index in [4.69, 9.17) is 9.15 Å². The van der Waals surface area contributed by atoms with Crippen molar-refractivity contribution in [3.05, 3.63) is 65.4 Å². The van der Waals surface area contributed by atoms with Crippen molar-refractivity contribution < 1.29 is 17.6 Å². The van der Waals surface area contributed by atoms with Gasteiger partial charge in [-0.15, -0.1) is 0 Å². The van der Waals surface area contributed by atoms with Gasteiger partial charge in [0.1, 0.15) is 5.76 Å². The van der Waals surface area contributed by atoms with Gasteiger partial charge in [-0.1, -0.05) is 0 Å². The van der Waals surface area contributed by atoms with Gasteiger partial charge in [-0.3, -0.25) is 0 Å². The van der Waals surface area contributed by atoms with Crippen LogP contribution in [0.4, 0.5) is 5.69 Å². The zero-order valence-electron chi connectivity index (χ0n) is 20.5. The predicted octanol–water partition coefficient (Wildman–Crippen LogP) is 3.60. The molecule has 0 atom stereocenters. The number of aryl methyl sites for hydroxylation is 1. The number of hydrogen-bond donors (Lipinski definition) is 1. The van der Waals surface area contributed by atoms with Gasteiger partial charge in [0, 0.05) is 44.1 Å². The van der Waals surface area contributed by atoms with E-state index in [2.05, 4.69) is 34.7 Å². The van der Waals surface area contributed by atoms with Crippen molar-refractivity contribution in [1.29, 1.82) is 0 Å². The lowest BCUT2D eigenvalue weighted by molar-refractivity contribution is 0.0730. The van der Waals surface area contributed by atoms with E-state index in [-0.39, 0.29) is 0 Å². The Morgan fingerprint density at radius 3 is 2.43 bits per heavy atom. The van der Waals surface area contributed by atoms with Crippen LogP contribution in [-0.4, -0.2) is 56.7 Å². The number of ether oxygens (including phenoxy) is 1. The topological polar surface area (TPSA) is 80.0 Å². The minimum atomic E-state index is -3.59. The van der Waals surface area contributed by atoms with Crippen LogP contribution in [0.3, 0.4) is 0 Å². The second-order valence-corrected chi connectivity index (χ2v) is 11.2. The molecule has 5 rings (SSSR count). The summed E-state index contributed by atoms with van der Waals surface area (Å²) in [5, 5.41) is 3.45. The SMILES string of the molecule is Cc1cc(CNCc2ccco2)c(C)n1-c1cc(S(=O)(=O)N2CCOCC2)ccc1N1CCCC1. The molecule has 0 radical (unpaired) electrons. The zero-order chi connectivity index (χ0) is 24.4. The van der Waals surface area contributed by atoms with E-state index in [0.717, 1.165) is 54.5 Å². The zero-order valence-corrected chi connectivity index (χ0v) is 21.3. The van der Waals surface area contributed by atoms with E-state index in [1.807, 2.05) is 24.3 Å². The molecule has 8 nitrogen and oxygen atoms in total. The minimum absolute atomic E-state index is 0.336. The Morgan fingerprint density at radius 2 is 1.71 bits per heavy atom. The molecule has 3 aromatic rings. The third kappa shape index (κ3) is 4.91. The quantitative estimate of drug-likeness (QED) is 0.511. The van der Waals surface area contributed by atoms with Gasteiger partial charge in [-0.05, 0) is 68.7 Å². The summed E-state index contributed by atoms with van der Waals surface area (Å²) in [6.07, 6.45) is 3.98. The van der Waals surface area contributed by atoms with E-state index in [1.165, 1.54) is 9.87 Å². The number of sulfonamides is 1. The lowest BCUT2D eigenvalue weighted by Gasteiger charge is -2.28. The van der Waals surface area contributed by atoms with Crippen LogP contribution in [0.15, 0.2) is 52.0 Å². The Labute approximate surface area is 207 Å². The molecule has 2 aliphatic heterocycles. The smallest absolute Gasteiger partial charge is 0.243 e. The third-order valence-electron chi connectivity index (χ3n) is 6.97. The van der Waals surface area contributed by atoms with E-state index in [0.29, 0.717) is 44.3 Å². The first kappa shape index (κ1) is 24.1. The Morgan fingerprint density at radius 1 is 0.943 bits per heavy atom. The third-order valence-corrected chi connectivity index (χ3v) is 8.87. The van der Waals surface area contributed by atoms with Crippen LogP contribution in [-0.2, 0) is 27.8 Å². The lowest BCUT2D eigenvalue weighted by Crippen LogP contribution is -2.40. The molecular formula is C26H34N4O4S. The van der Waals surface area contributed by atoms with Crippen molar-refractivity contribution in [2.45, 2.75) is 44.7 Å². The van der Waals surface area contributed by atoms with Crippen LogP contribution in [0.2, 0.25) is 0 Å². The number of hydrogen-bond acceptors (Lipinski definition) is 6. The summed E-state index contributed by atoms with van der Waals surface area (Å²) in [5.74, 6) is 0.899. The van der Waals surface area contributed by atoms with Crippen molar-refractivity contribution in [2.75, 3.05) is 44.3 Å². The van der Waals surface area contributed by atoms with Crippen molar-refractivity contribution in [1.82, 2.24) is 14.2 Å². The van der Waals surface area contributed by atoms with Gasteiger partial charge >= 0.3 is 0 Å². The number of furan rings is 1. The van der Waals surface area contributed by atoms with Gasteiger partial charge < -0.3 is 23.9 Å². The average molecular weight is 499 g/mol. The normalized spacial score (nSPS) is 17.4. The number of nitrogens with one attached hydrogen (secondary N) is 1. The molecule has 0 aliphatic carbocycles. The molecule has 9 heteroatoms. The molecule has 2 aliphatic rings. The minimum Gasteiger partial charge on any atom is -0.468 e. The lowest BCUT2D eigenvalue weighted by atomic mass is 10.2. The summed E-state index contributed by atoms with van der Waals surface area (Å²) >= 11 is 0. The largest absolute Gasteiger partial charge is 0.468 e. The van der Waals surface area contributed by atoms with Gasteiger partial charge in [0.2, 0.25) is 10.0 Å². The predicted molar refractivity (Wildman–Crippen MR) is 136 cm³/mol.